The minimum absolute atomic E-state index is 0.0810. The standard InChI is InChI=1S/C21H22N4O4/c1-12(2)15-10-18(24(4)23-15)22-20(26)19-13(3)7-8-25(21(19)27)14-5-6-16-17(9-14)29-11-28-16/h5-10,12H,11H2,1-4H3,(H,22,26). The molecule has 1 amide bonds. The highest BCUT2D eigenvalue weighted by Gasteiger charge is 2.20. The number of nitrogens with one attached hydrogen (secondary N) is 1. The summed E-state index contributed by atoms with van der Waals surface area (Å²) in [5, 5.41) is 7.20. The average Bonchev–Trinajstić information content (AvgIpc) is 3.28. The van der Waals surface area contributed by atoms with E-state index in [0.29, 0.717) is 28.6 Å². The van der Waals surface area contributed by atoms with Crippen LogP contribution in [0.3, 0.4) is 0 Å². The predicted molar refractivity (Wildman–Crippen MR) is 108 cm³/mol. The van der Waals surface area contributed by atoms with Gasteiger partial charge in [0.05, 0.1) is 11.4 Å². The fourth-order valence-electron chi connectivity index (χ4n) is 3.21. The van der Waals surface area contributed by atoms with Crippen LogP contribution < -0.4 is 20.3 Å². The van der Waals surface area contributed by atoms with E-state index in [9.17, 15) is 9.59 Å². The van der Waals surface area contributed by atoms with Crippen LogP contribution in [0.2, 0.25) is 0 Å². The molecule has 0 bridgehead atoms. The minimum atomic E-state index is -0.471. The first-order valence-electron chi connectivity index (χ1n) is 9.32. The van der Waals surface area contributed by atoms with Gasteiger partial charge in [0.25, 0.3) is 11.5 Å². The number of carbonyl (C=O) groups is 1. The van der Waals surface area contributed by atoms with Crippen molar-refractivity contribution in [2.24, 2.45) is 7.05 Å². The normalized spacial score (nSPS) is 12.4. The van der Waals surface area contributed by atoms with Gasteiger partial charge in [-0.3, -0.25) is 18.8 Å². The van der Waals surface area contributed by atoms with Gasteiger partial charge in [0.15, 0.2) is 11.5 Å². The van der Waals surface area contributed by atoms with Gasteiger partial charge in [0.2, 0.25) is 6.79 Å². The Bertz CT molecular complexity index is 1160. The molecule has 3 heterocycles. The van der Waals surface area contributed by atoms with Crippen LogP contribution in [0.25, 0.3) is 5.69 Å². The molecule has 150 valence electrons. The molecule has 8 nitrogen and oxygen atoms in total. The van der Waals surface area contributed by atoms with E-state index in [0.717, 1.165) is 5.69 Å². The van der Waals surface area contributed by atoms with Crippen LogP contribution in [0, 0.1) is 6.92 Å². The number of ether oxygens (including phenoxy) is 2. The topological polar surface area (TPSA) is 87.4 Å². The van der Waals surface area contributed by atoms with E-state index in [1.807, 2.05) is 19.9 Å². The third-order valence-electron chi connectivity index (χ3n) is 4.89. The lowest BCUT2D eigenvalue weighted by molar-refractivity contribution is 0.102. The first kappa shape index (κ1) is 18.8. The van der Waals surface area contributed by atoms with Gasteiger partial charge in [0, 0.05) is 25.4 Å². The number of rotatable bonds is 4. The van der Waals surface area contributed by atoms with Crippen molar-refractivity contribution in [3.8, 4) is 17.2 Å². The van der Waals surface area contributed by atoms with Crippen LogP contribution >= 0.6 is 0 Å². The zero-order valence-electron chi connectivity index (χ0n) is 16.7. The number of fused-ring (bicyclic) bond motifs is 1. The zero-order chi connectivity index (χ0) is 20.7. The highest BCUT2D eigenvalue weighted by atomic mass is 16.7. The van der Waals surface area contributed by atoms with Crippen molar-refractivity contribution in [1.29, 1.82) is 0 Å². The second-order valence-corrected chi connectivity index (χ2v) is 7.27. The van der Waals surface area contributed by atoms with Gasteiger partial charge in [-0.15, -0.1) is 0 Å². The quantitative estimate of drug-likeness (QED) is 0.735. The van der Waals surface area contributed by atoms with Crippen molar-refractivity contribution in [2.75, 3.05) is 12.1 Å². The lowest BCUT2D eigenvalue weighted by Gasteiger charge is -2.12. The molecule has 0 radical (unpaired) electrons. The van der Waals surface area contributed by atoms with Crippen LogP contribution in [0.1, 0.15) is 41.4 Å². The molecule has 0 saturated carbocycles. The van der Waals surface area contributed by atoms with Crippen LogP contribution in [0.5, 0.6) is 11.5 Å². The van der Waals surface area contributed by atoms with Crippen molar-refractivity contribution in [1.82, 2.24) is 14.3 Å². The predicted octanol–water partition coefficient (Wildman–Crippen LogP) is 2.98. The van der Waals surface area contributed by atoms with Crippen molar-refractivity contribution in [2.45, 2.75) is 26.7 Å². The Balaban J connectivity index is 1.70. The Labute approximate surface area is 167 Å². The summed E-state index contributed by atoms with van der Waals surface area (Å²) in [5.74, 6) is 1.49. The lowest BCUT2D eigenvalue weighted by Crippen LogP contribution is -2.29. The third-order valence-corrected chi connectivity index (χ3v) is 4.89. The molecule has 0 aliphatic carbocycles. The first-order chi connectivity index (χ1) is 13.8. The summed E-state index contributed by atoms with van der Waals surface area (Å²) < 4.78 is 13.7. The van der Waals surface area contributed by atoms with E-state index in [1.54, 1.807) is 49.1 Å². The fraction of sp³-hybridized carbons (Fsp3) is 0.286. The first-order valence-corrected chi connectivity index (χ1v) is 9.32. The summed E-state index contributed by atoms with van der Waals surface area (Å²) in [6.07, 6.45) is 1.65. The molecule has 4 rings (SSSR count). The van der Waals surface area contributed by atoms with Gasteiger partial charge in [-0.25, -0.2) is 0 Å². The molecule has 0 fully saturated rings. The monoisotopic (exact) mass is 394 g/mol. The van der Waals surface area contributed by atoms with Gasteiger partial charge in [-0.1, -0.05) is 13.8 Å². The molecule has 1 aromatic carbocycles. The summed E-state index contributed by atoms with van der Waals surface area (Å²) in [5.41, 5.74) is 1.72. The van der Waals surface area contributed by atoms with Gasteiger partial charge in [0.1, 0.15) is 11.4 Å². The maximum absolute atomic E-state index is 13.1. The molecular formula is C21H22N4O4. The van der Waals surface area contributed by atoms with Crippen molar-refractivity contribution < 1.29 is 14.3 Å². The Morgan fingerprint density at radius 1 is 1.17 bits per heavy atom. The molecule has 8 heteroatoms. The van der Waals surface area contributed by atoms with Crippen LogP contribution in [-0.4, -0.2) is 27.0 Å². The molecule has 29 heavy (non-hydrogen) atoms. The Morgan fingerprint density at radius 3 is 2.66 bits per heavy atom. The van der Waals surface area contributed by atoms with Gasteiger partial charge < -0.3 is 14.8 Å². The molecule has 0 spiro atoms. The number of hydrogen-bond donors (Lipinski definition) is 1. The lowest BCUT2D eigenvalue weighted by atomic mass is 10.1. The smallest absolute Gasteiger partial charge is 0.268 e. The summed E-state index contributed by atoms with van der Waals surface area (Å²) in [6, 6.07) is 8.77. The Hall–Kier alpha value is -3.55. The van der Waals surface area contributed by atoms with E-state index in [1.165, 1.54) is 4.57 Å². The molecule has 1 N–H and O–H groups in total. The van der Waals surface area contributed by atoms with E-state index in [4.69, 9.17) is 9.47 Å². The number of nitrogens with zero attached hydrogens (tertiary/aromatic N) is 3. The minimum Gasteiger partial charge on any atom is -0.454 e. The van der Waals surface area contributed by atoms with Gasteiger partial charge in [-0.05, 0) is 36.6 Å². The molecule has 0 saturated heterocycles. The molecule has 3 aromatic rings. The third kappa shape index (κ3) is 3.37. The maximum Gasteiger partial charge on any atom is 0.268 e. The molecule has 1 aliphatic rings. The summed E-state index contributed by atoms with van der Waals surface area (Å²) in [6.45, 7) is 5.94. The van der Waals surface area contributed by atoms with Crippen molar-refractivity contribution in [3.63, 3.8) is 0 Å². The Kier molecular flexibility index (Phi) is 4.62. The molecular weight excluding hydrogens is 372 g/mol. The Morgan fingerprint density at radius 2 is 1.93 bits per heavy atom. The highest BCUT2D eigenvalue weighted by molar-refractivity contribution is 6.04. The van der Waals surface area contributed by atoms with Crippen LogP contribution in [-0.2, 0) is 7.05 Å². The molecule has 0 atom stereocenters. The van der Waals surface area contributed by atoms with Gasteiger partial charge in [-0.2, -0.15) is 5.10 Å². The van der Waals surface area contributed by atoms with Gasteiger partial charge >= 0.3 is 0 Å². The summed E-state index contributed by atoms with van der Waals surface area (Å²) >= 11 is 0. The largest absolute Gasteiger partial charge is 0.454 e. The number of pyridine rings is 1. The number of carbonyl (C=O) groups excluding carboxylic acids is 1. The van der Waals surface area contributed by atoms with Crippen molar-refractivity contribution in [3.05, 3.63) is 63.7 Å². The molecule has 0 unspecified atom stereocenters. The van der Waals surface area contributed by atoms with Crippen LogP contribution in [0.15, 0.2) is 41.3 Å². The second-order valence-electron chi connectivity index (χ2n) is 7.27. The zero-order valence-corrected chi connectivity index (χ0v) is 16.7. The number of anilines is 1. The number of aryl methyl sites for hydroxylation is 2. The number of amides is 1. The molecule has 1 aliphatic heterocycles. The van der Waals surface area contributed by atoms with Crippen LogP contribution in [0.4, 0.5) is 5.82 Å². The van der Waals surface area contributed by atoms with E-state index >= 15 is 0 Å². The van der Waals surface area contributed by atoms with Crippen molar-refractivity contribution >= 4 is 11.7 Å². The molecule has 2 aromatic heterocycles. The van der Waals surface area contributed by atoms with E-state index in [-0.39, 0.29) is 18.3 Å². The maximum atomic E-state index is 13.1. The average molecular weight is 394 g/mol. The highest BCUT2D eigenvalue weighted by Crippen LogP contribution is 2.33. The summed E-state index contributed by atoms with van der Waals surface area (Å²) in [4.78, 5) is 26.1. The SMILES string of the molecule is Cc1ccn(-c2ccc3c(c2)OCO3)c(=O)c1C(=O)Nc1cc(C(C)C)nn1C. The second kappa shape index (κ2) is 7.12. The number of aromatic nitrogens is 3. The summed E-state index contributed by atoms with van der Waals surface area (Å²) in [7, 11) is 1.75. The van der Waals surface area contributed by atoms with E-state index in [2.05, 4.69) is 10.4 Å². The number of hydrogen-bond acceptors (Lipinski definition) is 5. The van der Waals surface area contributed by atoms with E-state index < -0.39 is 11.5 Å². The fourth-order valence-corrected chi connectivity index (χ4v) is 3.21. The number of benzene rings is 1.